The van der Waals surface area contributed by atoms with Crippen LogP contribution in [0.15, 0.2) is 18.2 Å². The SMILES string of the molecule is CC(C)NCCCOCCc1ccc2c(c1)CCO2. The van der Waals surface area contributed by atoms with E-state index in [4.69, 9.17) is 9.47 Å². The van der Waals surface area contributed by atoms with Crippen molar-refractivity contribution >= 4 is 0 Å². The van der Waals surface area contributed by atoms with Crippen LogP contribution in [0.1, 0.15) is 31.4 Å². The largest absolute Gasteiger partial charge is 0.493 e. The van der Waals surface area contributed by atoms with Crippen LogP contribution in [0, 0.1) is 0 Å². The Hall–Kier alpha value is -1.06. The molecule has 3 nitrogen and oxygen atoms in total. The van der Waals surface area contributed by atoms with Gasteiger partial charge >= 0.3 is 0 Å². The normalized spacial score (nSPS) is 13.6. The monoisotopic (exact) mass is 263 g/mol. The van der Waals surface area contributed by atoms with E-state index in [1.54, 1.807) is 0 Å². The molecule has 1 aromatic carbocycles. The second kappa shape index (κ2) is 7.51. The molecule has 0 radical (unpaired) electrons. The van der Waals surface area contributed by atoms with Crippen LogP contribution in [0.2, 0.25) is 0 Å². The number of hydrogen-bond acceptors (Lipinski definition) is 3. The molecule has 2 rings (SSSR count). The summed E-state index contributed by atoms with van der Waals surface area (Å²) in [4.78, 5) is 0. The zero-order valence-electron chi connectivity index (χ0n) is 12.1. The van der Waals surface area contributed by atoms with E-state index in [-0.39, 0.29) is 0 Å². The highest BCUT2D eigenvalue weighted by Crippen LogP contribution is 2.25. The molecule has 0 fully saturated rings. The summed E-state index contributed by atoms with van der Waals surface area (Å²) in [5.41, 5.74) is 2.70. The first-order chi connectivity index (χ1) is 9.25. The highest BCUT2D eigenvalue weighted by atomic mass is 16.5. The molecule has 106 valence electrons. The van der Waals surface area contributed by atoms with Crippen LogP contribution in [0.5, 0.6) is 5.75 Å². The molecule has 19 heavy (non-hydrogen) atoms. The van der Waals surface area contributed by atoms with Crippen molar-refractivity contribution in [3.63, 3.8) is 0 Å². The highest BCUT2D eigenvalue weighted by Gasteiger charge is 2.11. The molecule has 0 saturated heterocycles. The van der Waals surface area contributed by atoms with Crippen LogP contribution in [0.3, 0.4) is 0 Å². The second-order valence-corrected chi connectivity index (χ2v) is 5.37. The van der Waals surface area contributed by atoms with Gasteiger partial charge in [0.05, 0.1) is 13.2 Å². The molecule has 1 heterocycles. The summed E-state index contributed by atoms with van der Waals surface area (Å²) in [6.45, 7) is 7.85. The minimum absolute atomic E-state index is 0.564. The molecular weight excluding hydrogens is 238 g/mol. The van der Waals surface area contributed by atoms with Gasteiger partial charge in [0.2, 0.25) is 0 Å². The first kappa shape index (κ1) is 14.4. The van der Waals surface area contributed by atoms with Gasteiger partial charge in [-0.05, 0) is 36.6 Å². The molecule has 1 N–H and O–H groups in total. The van der Waals surface area contributed by atoms with E-state index in [9.17, 15) is 0 Å². The molecule has 0 bridgehead atoms. The van der Waals surface area contributed by atoms with Gasteiger partial charge in [-0.25, -0.2) is 0 Å². The minimum Gasteiger partial charge on any atom is -0.493 e. The molecule has 0 spiro atoms. The van der Waals surface area contributed by atoms with Crippen LogP contribution < -0.4 is 10.1 Å². The lowest BCUT2D eigenvalue weighted by Crippen LogP contribution is -2.24. The summed E-state index contributed by atoms with van der Waals surface area (Å²) in [6, 6.07) is 7.05. The van der Waals surface area contributed by atoms with Crippen molar-refractivity contribution in [1.29, 1.82) is 0 Å². The molecule has 0 unspecified atom stereocenters. The first-order valence-electron chi connectivity index (χ1n) is 7.31. The standard InChI is InChI=1S/C16H25NO2/c1-13(2)17-8-3-9-18-10-6-14-4-5-16-15(12-14)7-11-19-16/h4-5,12-13,17H,3,6-11H2,1-2H3. The Bertz CT molecular complexity index is 390. The van der Waals surface area contributed by atoms with E-state index in [1.807, 2.05) is 0 Å². The molecule has 3 heteroatoms. The maximum Gasteiger partial charge on any atom is 0.122 e. The number of hydrogen-bond donors (Lipinski definition) is 1. The average molecular weight is 263 g/mol. The molecule has 1 aromatic rings. The minimum atomic E-state index is 0.564. The van der Waals surface area contributed by atoms with Crippen molar-refractivity contribution in [3.8, 4) is 5.75 Å². The average Bonchev–Trinajstić information content (AvgIpc) is 2.84. The summed E-state index contributed by atoms with van der Waals surface area (Å²) in [7, 11) is 0. The lowest BCUT2D eigenvalue weighted by molar-refractivity contribution is 0.134. The molecule has 1 aliphatic rings. The number of rotatable bonds is 8. The third-order valence-corrected chi connectivity index (χ3v) is 3.31. The fraction of sp³-hybridized carbons (Fsp3) is 0.625. The summed E-state index contributed by atoms with van der Waals surface area (Å²) in [5, 5.41) is 3.39. The first-order valence-corrected chi connectivity index (χ1v) is 7.31. The van der Waals surface area contributed by atoms with Gasteiger partial charge in [-0.2, -0.15) is 0 Å². The van der Waals surface area contributed by atoms with Crippen molar-refractivity contribution in [1.82, 2.24) is 5.32 Å². The summed E-state index contributed by atoms with van der Waals surface area (Å²) >= 11 is 0. The van der Waals surface area contributed by atoms with Crippen molar-refractivity contribution in [2.24, 2.45) is 0 Å². The molecule has 0 aliphatic carbocycles. The smallest absolute Gasteiger partial charge is 0.122 e. The fourth-order valence-corrected chi connectivity index (χ4v) is 2.25. The predicted molar refractivity (Wildman–Crippen MR) is 77.9 cm³/mol. The van der Waals surface area contributed by atoms with Gasteiger partial charge in [0, 0.05) is 19.1 Å². The molecule has 0 aromatic heterocycles. The van der Waals surface area contributed by atoms with Crippen LogP contribution in [0.25, 0.3) is 0 Å². The Morgan fingerprint density at radius 3 is 3.05 bits per heavy atom. The van der Waals surface area contributed by atoms with Crippen molar-refractivity contribution in [2.75, 3.05) is 26.4 Å². The second-order valence-electron chi connectivity index (χ2n) is 5.37. The lowest BCUT2D eigenvalue weighted by atomic mass is 10.1. The topological polar surface area (TPSA) is 30.5 Å². The third-order valence-electron chi connectivity index (χ3n) is 3.31. The van der Waals surface area contributed by atoms with Gasteiger partial charge in [-0.1, -0.05) is 26.0 Å². The molecular formula is C16H25NO2. The van der Waals surface area contributed by atoms with Crippen molar-refractivity contribution in [2.45, 2.75) is 39.2 Å². The third kappa shape index (κ3) is 4.84. The highest BCUT2D eigenvalue weighted by molar-refractivity contribution is 5.39. The summed E-state index contributed by atoms with van der Waals surface area (Å²) in [6.07, 6.45) is 3.12. The summed E-state index contributed by atoms with van der Waals surface area (Å²) < 4.78 is 11.2. The number of ether oxygens (including phenoxy) is 2. The maximum atomic E-state index is 5.67. The molecule has 1 aliphatic heterocycles. The Kier molecular flexibility index (Phi) is 5.67. The lowest BCUT2D eigenvalue weighted by Gasteiger charge is -2.08. The Labute approximate surface area is 116 Å². The van der Waals surface area contributed by atoms with Gasteiger partial charge in [0.15, 0.2) is 0 Å². The van der Waals surface area contributed by atoms with Gasteiger partial charge in [0.25, 0.3) is 0 Å². The van der Waals surface area contributed by atoms with E-state index in [1.165, 1.54) is 11.1 Å². The van der Waals surface area contributed by atoms with Gasteiger partial charge in [0.1, 0.15) is 5.75 Å². The van der Waals surface area contributed by atoms with Crippen molar-refractivity contribution in [3.05, 3.63) is 29.3 Å². The van der Waals surface area contributed by atoms with Gasteiger partial charge in [-0.15, -0.1) is 0 Å². The van der Waals surface area contributed by atoms with E-state index in [2.05, 4.69) is 37.4 Å². The number of benzene rings is 1. The van der Waals surface area contributed by atoms with Crippen LogP contribution in [0.4, 0.5) is 0 Å². The zero-order valence-corrected chi connectivity index (χ0v) is 12.1. The van der Waals surface area contributed by atoms with E-state index >= 15 is 0 Å². The maximum absolute atomic E-state index is 5.67. The van der Waals surface area contributed by atoms with Crippen LogP contribution in [-0.4, -0.2) is 32.4 Å². The Morgan fingerprint density at radius 2 is 2.21 bits per heavy atom. The van der Waals surface area contributed by atoms with E-state index in [0.717, 1.165) is 51.4 Å². The van der Waals surface area contributed by atoms with E-state index in [0.29, 0.717) is 6.04 Å². The molecule has 0 saturated carbocycles. The Morgan fingerprint density at radius 1 is 1.32 bits per heavy atom. The van der Waals surface area contributed by atoms with Gasteiger partial charge in [-0.3, -0.25) is 0 Å². The number of fused-ring (bicyclic) bond motifs is 1. The van der Waals surface area contributed by atoms with Crippen LogP contribution >= 0.6 is 0 Å². The quantitative estimate of drug-likeness (QED) is 0.731. The Balaban J connectivity index is 1.58. The number of nitrogens with one attached hydrogen (secondary N) is 1. The van der Waals surface area contributed by atoms with Gasteiger partial charge < -0.3 is 14.8 Å². The molecule has 0 amide bonds. The van der Waals surface area contributed by atoms with E-state index < -0.39 is 0 Å². The van der Waals surface area contributed by atoms with Crippen LogP contribution in [-0.2, 0) is 17.6 Å². The zero-order chi connectivity index (χ0) is 13.5. The van der Waals surface area contributed by atoms with Crippen molar-refractivity contribution < 1.29 is 9.47 Å². The molecule has 0 atom stereocenters. The summed E-state index contributed by atoms with van der Waals surface area (Å²) in [5.74, 6) is 1.06. The predicted octanol–water partition coefficient (Wildman–Crippen LogP) is 2.57. The fourth-order valence-electron chi connectivity index (χ4n) is 2.25.